The van der Waals surface area contributed by atoms with E-state index in [4.69, 9.17) is 4.74 Å². The molecule has 0 saturated carbocycles. The summed E-state index contributed by atoms with van der Waals surface area (Å²) in [5.41, 5.74) is 3.89. The third kappa shape index (κ3) is 7.22. The molecule has 0 aliphatic heterocycles. The molecule has 0 aromatic heterocycles. The number of esters is 1. The molecular formula is C26H26N2O4S. The number of thioether (sulfide) groups is 1. The van der Waals surface area contributed by atoms with Gasteiger partial charge < -0.3 is 15.4 Å². The summed E-state index contributed by atoms with van der Waals surface area (Å²) in [6.07, 6.45) is 0.626. The van der Waals surface area contributed by atoms with Crippen molar-refractivity contribution in [2.24, 2.45) is 0 Å². The molecule has 33 heavy (non-hydrogen) atoms. The standard InChI is InChI=1S/C26H26N2O4S/c1-18-7-13-21(14-8-18)28-24(29)17-33-23-6-4-3-5-22(23)25(30)27-16-15-19-9-11-20(12-10-19)26(31)32-2/h3-14H,15-17H2,1-2H3,(H,27,30)(H,28,29). The Hall–Kier alpha value is -3.58. The minimum atomic E-state index is -0.378. The third-order valence-corrected chi connectivity index (χ3v) is 5.97. The number of ether oxygens (including phenoxy) is 1. The van der Waals surface area contributed by atoms with Crippen molar-refractivity contribution < 1.29 is 19.1 Å². The minimum Gasteiger partial charge on any atom is -0.465 e. The summed E-state index contributed by atoms with van der Waals surface area (Å²) >= 11 is 1.33. The second-order valence-corrected chi connectivity index (χ2v) is 8.41. The molecule has 0 atom stereocenters. The highest BCUT2D eigenvalue weighted by atomic mass is 32.2. The van der Waals surface area contributed by atoms with Crippen LogP contribution in [0.2, 0.25) is 0 Å². The number of carbonyl (C=O) groups excluding carboxylic acids is 3. The van der Waals surface area contributed by atoms with Crippen molar-refractivity contribution in [1.82, 2.24) is 5.32 Å². The average Bonchev–Trinajstić information content (AvgIpc) is 2.84. The predicted molar refractivity (Wildman–Crippen MR) is 131 cm³/mol. The monoisotopic (exact) mass is 462 g/mol. The number of methoxy groups -OCH3 is 1. The zero-order valence-corrected chi connectivity index (χ0v) is 19.4. The van der Waals surface area contributed by atoms with Crippen molar-refractivity contribution in [3.8, 4) is 0 Å². The fourth-order valence-corrected chi connectivity index (χ4v) is 3.95. The molecule has 2 N–H and O–H groups in total. The summed E-state index contributed by atoms with van der Waals surface area (Å²) in [4.78, 5) is 37.3. The number of aryl methyl sites for hydroxylation is 1. The van der Waals surface area contributed by atoms with Gasteiger partial charge in [0.15, 0.2) is 0 Å². The molecule has 3 rings (SSSR count). The van der Waals surface area contributed by atoms with Crippen molar-refractivity contribution in [1.29, 1.82) is 0 Å². The topological polar surface area (TPSA) is 84.5 Å². The maximum atomic E-state index is 12.7. The molecular weight excluding hydrogens is 436 g/mol. The number of carbonyl (C=O) groups is 3. The Balaban J connectivity index is 1.51. The number of anilines is 1. The number of nitrogens with one attached hydrogen (secondary N) is 2. The maximum absolute atomic E-state index is 12.7. The first-order valence-electron chi connectivity index (χ1n) is 10.5. The van der Waals surface area contributed by atoms with Gasteiger partial charge in [-0.25, -0.2) is 4.79 Å². The van der Waals surface area contributed by atoms with Crippen molar-refractivity contribution in [3.63, 3.8) is 0 Å². The molecule has 7 heteroatoms. The Morgan fingerprint density at radius 2 is 1.61 bits per heavy atom. The van der Waals surface area contributed by atoms with Crippen molar-refractivity contribution in [2.45, 2.75) is 18.2 Å². The predicted octanol–water partition coefficient (Wildman–Crippen LogP) is 4.48. The van der Waals surface area contributed by atoms with Crippen LogP contribution in [-0.4, -0.2) is 37.2 Å². The zero-order valence-electron chi connectivity index (χ0n) is 18.6. The van der Waals surface area contributed by atoms with Crippen LogP contribution in [0, 0.1) is 6.92 Å². The lowest BCUT2D eigenvalue weighted by atomic mass is 10.1. The first kappa shape index (κ1) is 24.1. The molecule has 3 aromatic carbocycles. The number of hydrogen-bond acceptors (Lipinski definition) is 5. The molecule has 0 spiro atoms. The fraction of sp³-hybridized carbons (Fsp3) is 0.192. The SMILES string of the molecule is COC(=O)c1ccc(CCNC(=O)c2ccccc2SCC(=O)Nc2ccc(C)cc2)cc1. The molecule has 0 fully saturated rings. The fourth-order valence-electron chi connectivity index (χ4n) is 3.10. The van der Waals surface area contributed by atoms with Crippen LogP contribution in [0.3, 0.4) is 0 Å². The first-order chi connectivity index (χ1) is 16.0. The molecule has 0 unspecified atom stereocenters. The van der Waals surface area contributed by atoms with E-state index in [-0.39, 0.29) is 23.5 Å². The van der Waals surface area contributed by atoms with E-state index < -0.39 is 0 Å². The van der Waals surface area contributed by atoms with E-state index in [2.05, 4.69) is 10.6 Å². The Labute approximate surface area is 197 Å². The van der Waals surface area contributed by atoms with Gasteiger partial charge in [-0.1, -0.05) is 42.0 Å². The second-order valence-electron chi connectivity index (χ2n) is 7.39. The van der Waals surface area contributed by atoms with Crippen molar-refractivity contribution in [2.75, 3.05) is 24.7 Å². The van der Waals surface area contributed by atoms with Crippen LogP contribution in [0.5, 0.6) is 0 Å². The average molecular weight is 463 g/mol. The Bertz CT molecular complexity index is 1110. The van der Waals surface area contributed by atoms with E-state index in [1.54, 1.807) is 24.3 Å². The van der Waals surface area contributed by atoms with Gasteiger partial charge in [-0.2, -0.15) is 0 Å². The highest BCUT2D eigenvalue weighted by Gasteiger charge is 2.13. The van der Waals surface area contributed by atoms with Crippen LogP contribution in [0.25, 0.3) is 0 Å². The van der Waals surface area contributed by atoms with Crippen LogP contribution in [-0.2, 0) is 16.0 Å². The molecule has 0 aliphatic carbocycles. The van der Waals surface area contributed by atoms with Gasteiger partial charge in [0.1, 0.15) is 0 Å². The van der Waals surface area contributed by atoms with Gasteiger partial charge in [0.05, 0.1) is 24.0 Å². The number of hydrogen-bond donors (Lipinski definition) is 2. The van der Waals surface area contributed by atoms with Gasteiger partial charge in [0.2, 0.25) is 5.91 Å². The third-order valence-electron chi connectivity index (χ3n) is 4.90. The van der Waals surface area contributed by atoms with Gasteiger partial charge in [-0.15, -0.1) is 11.8 Å². The van der Waals surface area contributed by atoms with Crippen molar-refractivity contribution >= 4 is 35.2 Å². The maximum Gasteiger partial charge on any atom is 0.337 e. The smallest absolute Gasteiger partial charge is 0.337 e. The van der Waals surface area contributed by atoms with Gasteiger partial charge >= 0.3 is 5.97 Å². The van der Waals surface area contributed by atoms with Crippen LogP contribution in [0.1, 0.15) is 31.8 Å². The molecule has 3 aromatic rings. The van der Waals surface area contributed by atoms with E-state index in [0.717, 1.165) is 21.7 Å². The van der Waals surface area contributed by atoms with Gasteiger partial charge in [0.25, 0.3) is 5.91 Å². The molecule has 2 amide bonds. The Kier molecular flexibility index (Phi) is 8.66. The van der Waals surface area contributed by atoms with Crippen molar-refractivity contribution in [3.05, 3.63) is 95.1 Å². The van der Waals surface area contributed by atoms with E-state index in [9.17, 15) is 14.4 Å². The normalized spacial score (nSPS) is 10.4. The van der Waals surface area contributed by atoms with Crippen LogP contribution in [0.4, 0.5) is 5.69 Å². The number of benzene rings is 3. The largest absolute Gasteiger partial charge is 0.465 e. The van der Waals surface area contributed by atoms with Crippen LogP contribution >= 0.6 is 11.8 Å². The lowest BCUT2D eigenvalue weighted by Gasteiger charge is -2.11. The Morgan fingerprint density at radius 3 is 2.30 bits per heavy atom. The van der Waals surface area contributed by atoms with E-state index in [0.29, 0.717) is 24.1 Å². The summed E-state index contributed by atoms with van der Waals surface area (Å²) in [7, 11) is 1.35. The molecule has 0 aliphatic rings. The number of rotatable bonds is 9. The van der Waals surface area contributed by atoms with E-state index in [1.807, 2.05) is 55.5 Å². The molecule has 0 saturated heterocycles. The lowest BCUT2D eigenvalue weighted by molar-refractivity contribution is -0.113. The summed E-state index contributed by atoms with van der Waals surface area (Å²) in [5.74, 6) is -0.501. The van der Waals surface area contributed by atoms with Crippen LogP contribution in [0.15, 0.2) is 77.7 Å². The van der Waals surface area contributed by atoms with E-state index >= 15 is 0 Å². The van der Waals surface area contributed by atoms with Gasteiger partial charge in [-0.05, 0) is 55.3 Å². The van der Waals surface area contributed by atoms with Gasteiger partial charge in [-0.3, -0.25) is 9.59 Å². The highest BCUT2D eigenvalue weighted by molar-refractivity contribution is 8.00. The second kappa shape index (κ2) is 11.9. The number of amides is 2. The molecule has 0 bridgehead atoms. The Morgan fingerprint density at radius 1 is 0.909 bits per heavy atom. The summed E-state index contributed by atoms with van der Waals surface area (Å²) in [6.45, 7) is 2.44. The zero-order chi connectivity index (χ0) is 23.6. The highest BCUT2D eigenvalue weighted by Crippen LogP contribution is 2.23. The summed E-state index contributed by atoms with van der Waals surface area (Å²) in [6, 6.07) is 21.9. The molecule has 0 heterocycles. The minimum absolute atomic E-state index is 0.130. The quantitative estimate of drug-likeness (QED) is 0.362. The first-order valence-corrected chi connectivity index (χ1v) is 11.5. The van der Waals surface area contributed by atoms with E-state index in [1.165, 1.54) is 18.9 Å². The van der Waals surface area contributed by atoms with Gasteiger partial charge in [0, 0.05) is 17.1 Å². The molecule has 0 radical (unpaired) electrons. The summed E-state index contributed by atoms with van der Waals surface area (Å²) < 4.78 is 4.69. The summed E-state index contributed by atoms with van der Waals surface area (Å²) in [5, 5.41) is 5.79. The lowest BCUT2D eigenvalue weighted by Crippen LogP contribution is -2.26. The van der Waals surface area contributed by atoms with Crippen LogP contribution < -0.4 is 10.6 Å². The molecule has 6 nitrogen and oxygen atoms in total. The molecule has 170 valence electrons.